The first-order valence-electron chi connectivity index (χ1n) is 5.21. The van der Waals surface area contributed by atoms with E-state index in [1.807, 2.05) is 0 Å². The molecule has 1 atom stereocenters. The van der Waals surface area contributed by atoms with E-state index in [4.69, 9.17) is 5.11 Å². The van der Waals surface area contributed by atoms with E-state index in [9.17, 15) is 14.4 Å². The Hall–Kier alpha value is -2.17. The fourth-order valence-electron chi connectivity index (χ4n) is 1.95. The van der Waals surface area contributed by atoms with Crippen LogP contribution in [0.2, 0.25) is 0 Å². The van der Waals surface area contributed by atoms with Crippen molar-refractivity contribution in [1.29, 1.82) is 0 Å². The van der Waals surface area contributed by atoms with Crippen LogP contribution in [0.25, 0.3) is 0 Å². The molecule has 1 heterocycles. The summed E-state index contributed by atoms with van der Waals surface area (Å²) < 4.78 is 0. The summed E-state index contributed by atoms with van der Waals surface area (Å²) >= 11 is 0. The lowest BCUT2D eigenvalue weighted by Gasteiger charge is -2.20. The highest BCUT2D eigenvalue weighted by Gasteiger charge is 2.38. The Balaban J connectivity index is 2.33. The van der Waals surface area contributed by atoms with Crippen LogP contribution in [0, 0.1) is 0 Å². The van der Waals surface area contributed by atoms with Gasteiger partial charge in [0.1, 0.15) is 0 Å². The molecule has 1 aliphatic heterocycles. The van der Waals surface area contributed by atoms with Crippen molar-refractivity contribution in [3.63, 3.8) is 0 Å². The Labute approximate surface area is 97.7 Å². The summed E-state index contributed by atoms with van der Waals surface area (Å²) in [4.78, 5) is 35.5. The average molecular weight is 233 g/mol. The molecule has 2 amide bonds. The molecule has 0 saturated carbocycles. The third kappa shape index (κ3) is 1.80. The molecule has 0 fully saturated rings. The number of amides is 2. The van der Waals surface area contributed by atoms with Crippen LogP contribution in [0.1, 0.15) is 34.1 Å². The van der Waals surface area contributed by atoms with Crippen LogP contribution in [0.4, 0.5) is 0 Å². The lowest BCUT2D eigenvalue weighted by Crippen LogP contribution is -2.39. The van der Waals surface area contributed by atoms with Crippen LogP contribution in [-0.2, 0) is 4.79 Å². The topological polar surface area (TPSA) is 74.7 Å². The number of carbonyl (C=O) groups is 3. The van der Waals surface area contributed by atoms with Crippen molar-refractivity contribution in [2.45, 2.75) is 19.4 Å². The van der Waals surface area contributed by atoms with Crippen molar-refractivity contribution in [2.24, 2.45) is 0 Å². The van der Waals surface area contributed by atoms with Gasteiger partial charge >= 0.3 is 5.97 Å². The zero-order valence-corrected chi connectivity index (χ0v) is 9.21. The molecule has 0 aliphatic carbocycles. The van der Waals surface area contributed by atoms with E-state index in [-0.39, 0.29) is 6.42 Å². The molecule has 2 rings (SSSR count). The summed E-state index contributed by atoms with van der Waals surface area (Å²) in [6, 6.07) is 5.86. The van der Waals surface area contributed by atoms with Crippen LogP contribution < -0.4 is 0 Å². The molecule has 0 unspecified atom stereocenters. The second-order valence-corrected chi connectivity index (χ2v) is 3.97. The van der Waals surface area contributed by atoms with Gasteiger partial charge in [-0.25, -0.2) is 0 Å². The number of hydrogen-bond acceptors (Lipinski definition) is 3. The molecule has 1 N–H and O–H groups in total. The first kappa shape index (κ1) is 11.3. The van der Waals surface area contributed by atoms with E-state index in [2.05, 4.69) is 0 Å². The Kier molecular flexibility index (Phi) is 2.67. The predicted molar refractivity (Wildman–Crippen MR) is 58.7 cm³/mol. The van der Waals surface area contributed by atoms with Gasteiger partial charge < -0.3 is 5.11 Å². The van der Waals surface area contributed by atoms with Gasteiger partial charge in [0.2, 0.25) is 0 Å². The van der Waals surface area contributed by atoms with Gasteiger partial charge in [0.05, 0.1) is 17.5 Å². The van der Waals surface area contributed by atoms with Gasteiger partial charge in [-0.05, 0) is 19.1 Å². The molecule has 88 valence electrons. The smallest absolute Gasteiger partial charge is 0.305 e. The molecule has 0 saturated heterocycles. The van der Waals surface area contributed by atoms with Gasteiger partial charge in [-0.2, -0.15) is 0 Å². The van der Waals surface area contributed by atoms with E-state index in [1.54, 1.807) is 31.2 Å². The Morgan fingerprint density at radius 3 is 2.12 bits per heavy atom. The van der Waals surface area contributed by atoms with E-state index in [0.29, 0.717) is 11.1 Å². The quantitative estimate of drug-likeness (QED) is 0.794. The molecular formula is C12H11NO4. The summed E-state index contributed by atoms with van der Waals surface area (Å²) in [7, 11) is 0. The third-order valence-corrected chi connectivity index (χ3v) is 2.74. The SMILES string of the molecule is C[C@@H](CC(=O)O)N1C(=O)c2ccccc2C1=O. The minimum Gasteiger partial charge on any atom is -0.481 e. The standard InChI is InChI=1S/C12H11NO4/c1-7(6-10(14)15)13-11(16)8-4-2-3-5-9(8)12(13)17/h2-5,7H,6H2,1H3,(H,14,15)/t7-/m0/s1. The van der Waals surface area contributed by atoms with Crippen molar-refractivity contribution in [2.75, 3.05) is 0 Å². The monoisotopic (exact) mass is 233 g/mol. The minimum atomic E-state index is -1.03. The number of aliphatic carboxylic acids is 1. The maximum Gasteiger partial charge on any atom is 0.305 e. The van der Waals surface area contributed by atoms with Crippen LogP contribution in [0.15, 0.2) is 24.3 Å². The first-order valence-corrected chi connectivity index (χ1v) is 5.21. The van der Waals surface area contributed by atoms with Gasteiger partial charge in [0.25, 0.3) is 11.8 Å². The van der Waals surface area contributed by atoms with Crippen molar-refractivity contribution >= 4 is 17.8 Å². The number of hydrogen-bond donors (Lipinski definition) is 1. The molecule has 1 aromatic carbocycles. The number of rotatable bonds is 3. The maximum absolute atomic E-state index is 11.9. The largest absolute Gasteiger partial charge is 0.481 e. The van der Waals surface area contributed by atoms with Gasteiger partial charge in [-0.3, -0.25) is 19.3 Å². The van der Waals surface area contributed by atoms with E-state index in [0.717, 1.165) is 4.90 Å². The van der Waals surface area contributed by atoms with Gasteiger partial charge in [-0.15, -0.1) is 0 Å². The van der Waals surface area contributed by atoms with Gasteiger partial charge in [0, 0.05) is 6.04 Å². The summed E-state index contributed by atoms with van der Waals surface area (Å²) in [6.45, 7) is 1.55. The second kappa shape index (κ2) is 4.01. The lowest BCUT2D eigenvalue weighted by atomic mass is 10.1. The van der Waals surface area contributed by atoms with Crippen LogP contribution in [-0.4, -0.2) is 33.8 Å². The maximum atomic E-state index is 11.9. The van der Waals surface area contributed by atoms with Crippen molar-refractivity contribution in [1.82, 2.24) is 4.90 Å². The number of fused-ring (bicyclic) bond motifs is 1. The number of carboxylic acids is 1. The minimum absolute atomic E-state index is 0.245. The van der Waals surface area contributed by atoms with Crippen molar-refractivity contribution < 1.29 is 19.5 Å². The predicted octanol–water partition coefficient (Wildman–Crippen LogP) is 1.15. The molecule has 5 nitrogen and oxygen atoms in total. The molecule has 5 heteroatoms. The first-order chi connectivity index (χ1) is 8.02. The van der Waals surface area contributed by atoms with Gasteiger partial charge in [-0.1, -0.05) is 12.1 Å². The molecule has 1 aromatic rings. The Morgan fingerprint density at radius 1 is 1.24 bits per heavy atom. The molecule has 0 bridgehead atoms. The van der Waals surface area contributed by atoms with Gasteiger partial charge in [0.15, 0.2) is 0 Å². The molecular weight excluding hydrogens is 222 g/mol. The van der Waals surface area contributed by atoms with E-state index in [1.165, 1.54) is 0 Å². The summed E-state index contributed by atoms with van der Waals surface area (Å²) in [5.74, 6) is -1.87. The van der Waals surface area contributed by atoms with Crippen LogP contribution in [0.3, 0.4) is 0 Å². The average Bonchev–Trinajstić information content (AvgIpc) is 2.51. The fraction of sp³-hybridized carbons (Fsp3) is 0.250. The molecule has 17 heavy (non-hydrogen) atoms. The van der Waals surface area contributed by atoms with Crippen LogP contribution in [0.5, 0.6) is 0 Å². The summed E-state index contributed by atoms with van der Waals surface area (Å²) in [5.41, 5.74) is 0.685. The highest BCUT2D eigenvalue weighted by atomic mass is 16.4. The van der Waals surface area contributed by atoms with Crippen molar-refractivity contribution in [3.05, 3.63) is 35.4 Å². The summed E-state index contributed by atoms with van der Waals surface area (Å²) in [5, 5.41) is 8.68. The number of nitrogens with zero attached hydrogens (tertiary/aromatic N) is 1. The number of benzene rings is 1. The van der Waals surface area contributed by atoms with E-state index < -0.39 is 23.8 Å². The number of imide groups is 1. The van der Waals surface area contributed by atoms with Crippen molar-refractivity contribution in [3.8, 4) is 0 Å². The second-order valence-electron chi connectivity index (χ2n) is 3.97. The lowest BCUT2D eigenvalue weighted by molar-refractivity contribution is -0.137. The number of carbonyl (C=O) groups excluding carboxylic acids is 2. The Bertz CT molecular complexity index is 474. The Morgan fingerprint density at radius 2 is 1.71 bits per heavy atom. The van der Waals surface area contributed by atoms with E-state index >= 15 is 0 Å². The summed E-state index contributed by atoms with van der Waals surface area (Å²) in [6.07, 6.45) is -0.245. The zero-order chi connectivity index (χ0) is 12.6. The zero-order valence-electron chi connectivity index (χ0n) is 9.21. The highest BCUT2D eigenvalue weighted by Crippen LogP contribution is 2.25. The highest BCUT2D eigenvalue weighted by molar-refractivity contribution is 6.21. The normalized spacial score (nSPS) is 15.9. The molecule has 0 spiro atoms. The van der Waals surface area contributed by atoms with Crippen LogP contribution >= 0.6 is 0 Å². The fourth-order valence-corrected chi connectivity index (χ4v) is 1.95. The number of carboxylic acid groups (broad SMARTS) is 1. The third-order valence-electron chi connectivity index (χ3n) is 2.74. The molecule has 0 radical (unpaired) electrons. The molecule has 1 aliphatic rings. The molecule has 0 aromatic heterocycles.